The third kappa shape index (κ3) is 3.54. The zero-order valence-corrected chi connectivity index (χ0v) is 11.8. The van der Waals surface area contributed by atoms with Crippen LogP contribution in [0.25, 0.3) is 0 Å². The quantitative estimate of drug-likeness (QED) is 0.908. The average Bonchev–Trinajstić information content (AvgIpc) is 2.31. The molecule has 3 nitrogen and oxygen atoms in total. The molecule has 0 atom stereocenters. The van der Waals surface area contributed by atoms with Crippen LogP contribution in [-0.2, 0) is 0 Å². The molecule has 0 aliphatic carbocycles. The molecule has 0 saturated heterocycles. The molecule has 1 aromatic rings. The Labute approximate surface area is 111 Å². The van der Waals surface area contributed by atoms with E-state index < -0.39 is 0 Å². The monoisotopic (exact) mass is 299 g/mol. The van der Waals surface area contributed by atoms with Gasteiger partial charge in [-0.25, -0.2) is 0 Å². The molecule has 0 aliphatic rings. The predicted molar refractivity (Wildman–Crippen MR) is 72.2 cm³/mol. The Kier molecular flexibility index (Phi) is 5.65. The van der Waals surface area contributed by atoms with Gasteiger partial charge in [0.1, 0.15) is 0 Å². The van der Waals surface area contributed by atoms with Crippen LogP contribution in [-0.4, -0.2) is 35.6 Å². The minimum atomic E-state index is -0.0142. The summed E-state index contributed by atoms with van der Waals surface area (Å²) < 4.78 is 0.934. The highest BCUT2D eigenvalue weighted by atomic mass is 79.9. The Morgan fingerprint density at radius 1 is 1.41 bits per heavy atom. The number of benzene rings is 1. The van der Waals surface area contributed by atoms with Crippen molar-refractivity contribution in [2.75, 3.05) is 19.7 Å². The molecule has 1 amide bonds. The van der Waals surface area contributed by atoms with Gasteiger partial charge in [0.05, 0.1) is 6.61 Å². The first-order valence-electron chi connectivity index (χ1n) is 5.77. The first-order valence-corrected chi connectivity index (χ1v) is 6.56. The molecule has 0 unspecified atom stereocenters. The number of hydrogen-bond acceptors (Lipinski definition) is 2. The molecule has 0 saturated carbocycles. The van der Waals surface area contributed by atoms with Crippen LogP contribution in [0.1, 0.15) is 29.3 Å². The number of rotatable bonds is 5. The summed E-state index contributed by atoms with van der Waals surface area (Å²) in [5.41, 5.74) is 1.64. The fraction of sp³-hybridized carbons (Fsp3) is 0.462. The smallest absolute Gasteiger partial charge is 0.254 e. The fourth-order valence-corrected chi connectivity index (χ4v) is 2.08. The lowest BCUT2D eigenvalue weighted by Gasteiger charge is -2.22. The Balaban J connectivity index is 2.96. The van der Waals surface area contributed by atoms with Gasteiger partial charge in [0.15, 0.2) is 0 Å². The molecule has 94 valence electrons. The molecule has 0 fully saturated rings. The van der Waals surface area contributed by atoms with E-state index in [1.54, 1.807) is 4.90 Å². The minimum Gasteiger partial charge on any atom is -0.395 e. The van der Waals surface area contributed by atoms with Crippen molar-refractivity contribution in [1.82, 2.24) is 4.90 Å². The second kappa shape index (κ2) is 6.77. The van der Waals surface area contributed by atoms with Crippen molar-refractivity contribution in [2.24, 2.45) is 0 Å². The molecular formula is C13H18BrNO2. The number of aliphatic hydroxyl groups is 1. The van der Waals surface area contributed by atoms with Crippen molar-refractivity contribution < 1.29 is 9.90 Å². The second-order valence-corrected chi connectivity index (χ2v) is 4.78. The van der Waals surface area contributed by atoms with Gasteiger partial charge in [0, 0.05) is 23.1 Å². The first kappa shape index (κ1) is 14.2. The number of aliphatic hydroxyl groups excluding tert-OH is 1. The zero-order valence-electron chi connectivity index (χ0n) is 10.2. The highest BCUT2D eigenvalue weighted by molar-refractivity contribution is 9.10. The minimum absolute atomic E-state index is 0.00120. The van der Waals surface area contributed by atoms with E-state index in [4.69, 9.17) is 5.11 Å². The van der Waals surface area contributed by atoms with Gasteiger partial charge in [-0.15, -0.1) is 0 Å². The van der Waals surface area contributed by atoms with Crippen LogP contribution in [0.3, 0.4) is 0 Å². The van der Waals surface area contributed by atoms with Gasteiger partial charge in [-0.1, -0.05) is 28.9 Å². The Morgan fingerprint density at radius 2 is 2.12 bits per heavy atom. The van der Waals surface area contributed by atoms with Gasteiger partial charge in [-0.05, 0) is 31.0 Å². The third-order valence-electron chi connectivity index (χ3n) is 2.65. The van der Waals surface area contributed by atoms with Crippen molar-refractivity contribution in [3.8, 4) is 0 Å². The van der Waals surface area contributed by atoms with Gasteiger partial charge < -0.3 is 10.0 Å². The molecule has 4 heteroatoms. The Bertz CT molecular complexity index is 387. The summed E-state index contributed by atoms with van der Waals surface area (Å²) in [7, 11) is 0. The largest absolute Gasteiger partial charge is 0.395 e. The molecule has 0 spiro atoms. The lowest BCUT2D eigenvalue weighted by Crippen LogP contribution is -2.34. The summed E-state index contributed by atoms with van der Waals surface area (Å²) in [5.74, 6) is -0.0142. The number of carbonyl (C=O) groups is 1. The Morgan fingerprint density at radius 3 is 2.71 bits per heavy atom. The normalized spacial score (nSPS) is 10.4. The van der Waals surface area contributed by atoms with E-state index in [0.29, 0.717) is 18.7 Å². The number of nitrogens with zero attached hydrogens (tertiary/aromatic N) is 1. The van der Waals surface area contributed by atoms with Gasteiger partial charge >= 0.3 is 0 Å². The van der Waals surface area contributed by atoms with Crippen LogP contribution < -0.4 is 0 Å². The molecule has 1 N–H and O–H groups in total. The molecule has 0 aliphatic heterocycles. The fourth-order valence-electron chi connectivity index (χ4n) is 1.72. The van der Waals surface area contributed by atoms with E-state index in [2.05, 4.69) is 15.9 Å². The summed E-state index contributed by atoms with van der Waals surface area (Å²) in [6.07, 6.45) is 0.888. The number of carbonyl (C=O) groups excluding carboxylic acids is 1. The molecule has 0 radical (unpaired) electrons. The Hall–Kier alpha value is -0.870. The SMILES string of the molecule is CCCN(CCO)C(=O)c1cccc(Br)c1C. The molecule has 0 aromatic heterocycles. The van der Waals surface area contributed by atoms with Gasteiger partial charge in [0.2, 0.25) is 0 Å². The summed E-state index contributed by atoms with van der Waals surface area (Å²) in [6.45, 7) is 4.99. The maximum Gasteiger partial charge on any atom is 0.254 e. The predicted octanol–water partition coefficient (Wildman–Crippen LogP) is 2.60. The van der Waals surface area contributed by atoms with Crippen LogP contribution in [0.15, 0.2) is 22.7 Å². The standard InChI is InChI=1S/C13H18BrNO2/c1-3-7-15(8-9-16)13(17)11-5-4-6-12(14)10(11)2/h4-6,16H,3,7-9H2,1-2H3. The summed E-state index contributed by atoms with van der Waals surface area (Å²) in [4.78, 5) is 14.0. The van der Waals surface area contributed by atoms with Crippen molar-refractivity contribution in [3.05, 3.63) is 33.8 Å². The lowest BCUT2D eigenvalue weighted by molar-refractivity contribution is 0.0721. The average molecular weight is 300 g/mol. The molecule has 1 aromatic carbocycles. The summed E-state index contributed by atoms with van der Waals surface area (Å²) in [5, 5.41) is 8.98. The van der Waals surface area contributed by atoms with Gasteiger partial charge in [-0.2, -0.15) is 0 Å². The number of halogens is 1. The van der Waals surface area contributed by atoms with E-state index in [9.17, 15) is 4.79 Å². The van der Waals surface area contributed by atoms with Crippen LogP contribution in [0.2, 0.25) is 0 Å². The maximum absolute atomic E-state index is 12.3. The maximum atomic E-state index is 12.3. The van der Waals surface area contributed by atoms with Crippen LogP contribution in [0.4, 0.5) is 0 Å². The van der Waals surface area contributed by atoms with Crippen molar-refractivity contribution >= 4 is 21.8 Å². The van der Waals surface area contributed by atoms with Crippen LogP contribution >= 0.6 is 15.9 Å². The first-order chi connectivity index (χ1) is 8.11. The topological polar surface area (TPSA) is 40.5 Å². The van der Waals surface area contributed by atoms with Crippen molar-refractivity contribution in [2.45, 2.75) is 20.3 Å². The number of hydrogen-bond donors (Lipinski definition) is 1. The lowest BCUT2D eigenvalue weighted by atomic mass is 10.1. The highest BCUT2D eigenvalue weighted by Crippen LogP contribution is 2.20. The third-order valence-corrected chi connectivity index (χ3v) is 3.51. The number of amides is 1. The zero-order chi connectivity index (χ0) is 12.8. The molecule has 17 heavy (non-hydrogen) atoms. The van der Waals surface area contributed by atoms with Gasteiger partial charge in [-0.3, -0.25) is 4.79 Å². The summed E-state index contributed by atoms with van der Waals surface area (Å²) >= 11 is 3.42. The van der Waals surface area contributed by atoms with E-state index in [1.807, 2.05) is 32.0 Å². The van der Waals surface area contributed by atoms with Crippen molar-refractivity contribution in [3.63, 3.8) is 0 Å². The van der Waals surface area contributed by atoms with E-state index >= 15 is 0 Å². The molecular weight excluding hydrogens is 282 g/mol. The van der Waals surface area contributed by atoms with E-state index in [1.165, 1.54) is 0 Å². The second-order valence-electron chi connectivity index (χ2n) is 3.93. The molecule has 0 bridgehead atoms. The van der Waals surface area contributed by atoms with E-state index in [0.717, 1.165) is 16.5 Å². The van der Waals surface area contributed by atoms with Crippen LogP contribution in [0.5, 0.6) is 0 Å². The van der Waals surface area contributed by atoms with Crippen LogP contribution in [0, 0.1) is 6.92 Å². The summed E-state index contributed by atoms with van der Waals surface area (Å²) in [6, 6.07) is 5.60. The highest BCUT2D eigenvalue weighted by Gasteiger charge is 2.17. The van der Waals surface area contributed by atoms with Gasteiger partial charge in [0.25, 0.3) is 5.91 Å². The van der Waals surface area contributed by atoms with E-state index in [-0.39, 0.29) is 12.5 Å². The van der Waals surface area contributed by atoms with Crippen molar-refractivity contribution in [1.29, 1.82) is 0 Å². The molecule has 1 rings (SSSR count). The molecule has 0 heterocycles.